The Bertz CT molecular complexity index is 522. The minimum atomic E-state index is -4.09. The molecule has 156 valence electrons. The Morgan fingerprint density at radius 1 is 1.11 bits per heavy atom. The van der Waals surface area contributed by atoms with Gasteiger partial charge in [-0.05, 0) is 25.7 Å². The van der Waals surface area contributed by atoms with E-state index in [1.807, 2.05) is 5.32 Å². The lowest BCUT2D eigenvalue weighted by Gasteiger charge is -2.28. The first-order valence-corrected chi connectivity index (χ1v) is 9.35. The molecule has 2 atom stereocenters. The van der Waals surface area contributed by atoms with Gasteiger partial charge in [-0.3, -0.25) is 9.59 Å². The summed E-state index contributed by atoms with van der Waals surface area (Å²) < 4.78 is 32.2. The molecule has 0 aromatic rings. The first-order chi connectivity index (χ1) is 12.5. The van der Waals surface area contributed by atoms with Crippen LogP contribution in [0, 0.1) is 11.8 Å². The summed E-state index contributed by atoms with van der Waals surface area (Å²) in [7, 11) is 0. The molecule has 27 heavy (non-hydrogen) atoms. The zero-order valence-corrected chi connectivity index (χ0v) is 16.1. The van der Waals surface area contributed by atoms with Gasteiger partial charge in [-0.15, -0.1) is 0 Å². The Kier molecular flexibility index (Phi) is 9.08. The predicted octanol–water partition coefficient (Wildman–Crippen LogP) is 1.95. The molecule has 1 fully saturated rings. The summed E-state index contributed by atoms with van der Waals surface area (Å²) in [6.45, 7) is 3.92. The molecule has 9 heteroatoms. The number of carbonyl (C=O) groups excluding carboxylic acids is 2. The Balaban J connectivity index is 2.70. The van der Waals surface area contributed by atoms with E-state index in [-0.39, 0.29) is 0 Å². The van der Waals surface area contributed by atoms with Crippen molar-refractivity contribution in [2.75, 3.05) is 13.2 Å². The highest BCUT2D eigenvalue weighted by atomic mass is 19.3. The number of alkyl halides is 2. The highest BCUT2D eigenvalue weighted by molar-refractivity contribution is 5.89. The topological polar surface area (TPSA) is 105 Å². The lowest BCUT2D eigenvalue weighted by Crippen LogP contribution is -2.56. The van der Waals surface area contributed by atoms with Crippen molar-refractivity contribution in [3.8, 4) is 0 Å². The van der Waals surface area contributed by atoms with Crippen LogP contribution in [0.15, 0.2) is 0 Å². The molecule has 0 bridgehead atoms. The molecule has 1 aliphatic rings. The lowest BCUT2D eigenvalue weighted by molar-refractivity contribution is -0.164. The molecule has 2 amide bonds. The second-order valence-corrected chi connectivity index (χ2v) is 7.41. The largest absolute Gasteiger partial charge is 0.477 e. The number of hydrogen-bond acceptors (Lipinski definition) is 4. The minimum Gasteiger partial charge on any atom is -0.477 e. The van der Waals surface area contributed by atoms with E-state index in [1.54, 1.807) is 20.8 Å². The Morgan fingerprint density at radius 3 is 2.22 bits per heavy atom. The summed E-state index contributed by atoms with van der Waals surface area (Å²) >= 11 is 0. The van der Waals surface area contributed by atoms with E-state index in [0.29, 0.717) is 12.5 Å². The van der Waals surface area contributed by atoms with Crippen LogP contribution in [0.4, 0.5) is 8.78 Å². The number of nitrogens with one attached hydrogen (secondary N) is 2. The van der Waals surface area contributed by atoms with E-state index >= 15 is 0 Å². The number of halogens is 2. The number of rotatable bonds is 10. The number of aliphatic carboxylic acids is 1. The summed E-state index contributed by atoms with van der Waals surface area (Å²) in [6.07, 6.45) is 4.77. The number of carbonyl (C=O) groups is 3. The van der Waals surface area contributed by atoms with Crippen molar-refractivity contribution in [2.24, 2.45) is 11.8 Å². The Labute approximate surface area is 158 Å². The third kappa shape index (κ3) is 7.78. The summed E-state index contributed by atoms with van der Waals surface area (Å²) in [5.41, 5.74) is 0. The van der Waals surface area contributed by atoms with E-state index < -0.39 is 48.3 Å². The Morgan fingerprint density at radius 2 is 1.70 bits per heavy atom. The summed E-state index contributed by atoms with van der Waals surface area (Å²) in [6, 6.07) is -1.19. The molecule has 2 unspecified atom stereocenters. The number of amides is 2. The van der Waals surface area contributed by atoms with Crippen LogP contribution in [0.1, 0.15) is 52.9 Å². The number of hydrogen-bond donors (Lipinski definition) is 3. The molecule has 3 N–H and O–H groups in total. The molecule has 1 aliphatic carbocycles. The van der Waals surface area contributed by atoms with Gasteiger partial charge in [0, 0.05) is 12.5 Å². The monoisotopic (exact) mass is 392 g/mol. The average molecular weight is 392 g/mol. The Hall–Kier alpha value is -1.77. The van der Waals surface area contributed by atoms with Gasteiger partial charge in [-0.25, -0.2) is 4.79 Å². The average Bonchev–Trinajstić information content (AvgIpc) is 2.62. The fraction of sp³-hybridized carbons (Fsp3) is 0.833. The molecule has 0 spiro atoms. The fourth-order valence-electron chi connectivity index (χ4n) is 2.84. The van der Waals surface area contributed by atoms with Crippen LogP contribution in [0.25, 0.3) is 0 Å². The highest BCUT2D eigenvalue weighted by Gasteiger charge is 2.40. The van der Waals surface area contributed by atoms with Crippen LogP contribution in [-0.4, -0.2) is 54.1 Å². The maximum absolute atomic E-state index is 13.2. The van der Waals surface area contributed by atoms with E-state index in [9.17, 15) is 23.2 Å². The normalized spacial score (nSPS) is 18.0. The van der Waals surface area contributed by atoms with Gasteiger partial charge >= 0.3 is 11.9 Å². The van der Waals surface area contributed by atoms with Crippen LogP contribution in [0.2, 0.25) is 0 Å². The maximum atomic E-state index is 13.2. The minimum absolute atomic E-state index is 0.377. The van der Waals surface area contributed by atoms with Gasteiger partial charge in [-0.1, -0.05) is 33.1 Å². The van der Waals surface area contributed by atoms with E-state index in [0.717, 1.165) is 25.7 Å². The third-order valence-electron chi connectivity index (χ3n) is 4.69. The molecule has 0 heterocycles. The first kappa shape index (κ1) is 23.3. The zero-order valence-electron chi connectivity index (χ0n) is 16.1. The molecule has 0 aliphatic heterocycles. The SMILES string of the molecule is CC(C)C(=O)NC(C(=O)NCC(F)(F)C(=O)O)C(C)OCC1CCCCC1. The van der Waals surface area contributed by atoms with Gasteiger partial charge in [0.2, 0.25) is 11.8 Å². The van der Waals surface area contributed by atoms with Crippen LogP contribution in [-0.2, 0) is 19.1 Å². The predicted molar refractivity (Wildman–Crippen MR) is 94.4 cm³/mol. The maximum Gasteiger partial charge on any atom is 0.376 e. The number of carboxylic acid groups (broad SMARTS) is 1. The molecule has 1 saturated carbocycles. The fourth-order valence-corrected chi connectivity index (χ4v) is 2.84. The molecule has 1 rings (SSSR count). The van der Waals surface area contributed by atoms with Gasteiger partial charge < -0.3 is 20.5 Å². The van der Waals surface area contributed by atoms with Crippen molar-refractivity contribution in [3.63, 3.8) is 0 Å². The quantitative estimate of drug-likeness (QED) is 0.527. The second-order valence-electron chi connectivity index (χ2n) is 7.41. The van der Waals surface area contributed by atoms with Crippen molar-refractivity contribution in [2.45, 2.75) is 70.9 Å². The van der Waals surface area contributed by atoms with Gasteiger partial charge in [0.05, 0.1) is 12.6 Å². The molecular weight excluding hydrogens is 362 g/mol. The summed E-state index contributed by atoms with van der Waals surface area (Å²) in [5.74, 6) is -7.77. The lowest BCUT2D eigenvalue weighted by atomic mass is 9.90. The van der Waals surface area contributed by atoms with Gasteiger partial charge in [0.15, 0.2) is 0 Å². The van der Waals surface area contributed by atoms with Crippen molar-refractivity contribution in [3.05, 3.63) is 0 Å². The molecule has 0 aromatic carbocycles. The van der Waals surface area contributed by atoms with Crippen LogP contribution < -0.4 is 10.6 Å². The number of carboxylic acids is 1. The van der Waals surface area contributed by atoms with E-state index in [2.05, 4.69) is 5.32 Å². The summed E-state index contributed by atoms with van der Waals surface area (Å²) in [4.78, 5) is 34.8. The van der Waals surface area contributed by atoms with Gasteiger partial charge in [0.1, 0.15) is 6.04 Å². The van der Waals surface area contributed by atoms with Crippen molar-refractivity contribution < 1.29 is 33.0 Å². The van der Waals surface area contributed by atoms with Crippen LogP contribution >= 0.6 is 0 Å². The molecular formula is C18H30F2N2O5. The second kappa shape index (κ2) is 10.5. The molecule has 0 aromatic heterocycles. The van der Waals surface area contributed by atoms with Crippen LogP contribution in [0.5, 0.6) is 0 Å². The van der Waals surface area contributed by atoms with Gasteiger partial charge in [-0.2, -0.15) is 8.78 Å². The summed E-state index contributed by atoms with van der Waals surface area (Å²) in [5, 5.41) is 12.9. The van der Waals surface area contributed by atoms with E-state index in [4.69, 9.17) is 9.84 Å². The molecule has 7 nitrogen and oxygen atoms in total. The van der Waals surface area contributed by atoms with Crippen molar-refractivity contribution in [1.29, 1.82) is 0 Å². The van der Waals surface area contributed by atoms with E-state index in [1.165, 1.54) is 6.42 Å². The standard InChI is InChI=1S/C18H30F2N2O5/c1-11(2)15(23)22-14(16(24)21-10-18(19,20)17(25)26)12(3)27-9-13-7-5-4-6-8-13/h11-14H,4-10H2,1-3H3,(H,21,24)(H,22,23)(H,25,26). The third-order valence-corrected chi connectivity index (χ3v) is 4.69. The first-order valence-electron chi connectivity index (χ1n) is 9.35. The van der Waals surface area contributed by atoms with Gasteiger partial charge in [0.25, 0.3) is 0 Å². The molecule has 0 saturated heterocycles. The van der Waals surface area contributed by atoms with Crippen molar-refractivity contribution in [1.82, 2.24) is 10.6 Å². The zero-order chi connectivity index (χ0) is 20.6. The van der Waals surface area contributed by atoms with Crippen molar-refractivity contribution >= 4 is 17.8 Å². The molecule has 0 radical (unpaired) electrons. The number of ether oxygens (including phenoxy) is 1. The van der Waals surface area contributed by atoms with Crippen LogP contribution in [0.3, 0.4) is 0 Å². The highest BCUT2D eigenvalue weighted by Crippen LogP contribution is 2.24. The smallest absolute Gasteiger partial charge is 0.376 e.